The monoisotopic (exact) mass is 307 g/mol. The van der Waals surface area contributed by atoms with E-state index >= 15 is 0 Å². The summed E-state index contributed by atoms with van der Waals surface area (Å²) in [6.45, 7) is 3.25. The zero-order valence-corrected chi connectivity index (χ0v) is 12.9. The molecule has 0 fully saturated rings. The van der Waals surface area contributed by atoms with Crippen LogP contribution in [0.1, 0.15) is 18.1 Å². The number of aliphatic carboxylic acids is 1. The van der Waals surface area contributed by atoms with Crippen LogP contribution in [0.15, 0.2) is 24.3 Å². The molecule has 5 heteroatoms. The molecule has 0 aliphatic heterocycles. The molecular formula is C16H18ClNO3. The number of carboxylic acid groups (broad SMARTS) is 1. The van der Waals surface area contributed by atoms with Crippen LogP contribution in [0.3, 0.4) is 0 Å². The van der Waals surface area contributed by atoms with E-state index in [1.165, 1.54) is 5.56 Å². The smallest absolute Gasteiger partial charge is 0.328 e. The summed E-state index contributed by atoms with van der Waals surface area (Å²) in [6.07, 6.45) is 3.58. The van der Waals surface area contributed by atoms with Crippen LogP contribution in [0.4, 0.5) is 0 Å². The van der Waals surface area contributed by atoms with Crippen molar-refractivity contribution in [2.75, 3.05) is 13.7 Å². The largest absolute Gasteiger partial charge is 0.478 e. The minimum atomic E-state index is -0.990. The lowest BCUT2D eigenvalue weighted by Crippen LogP contribution is -2.03. The zero-order chi connectivity index (χ0) is 15.4. The van der Waals surface area contributed by atoms with Gasteiger partial charge < -0.3 is 14.4 Å². The SMILES string of the molecule is CCc1ccc2c(c1)c(/C=C/C(=O)O)c(Cl)n2CCOC. The number of nitrogens with zero attached hydrogens (tertiary/aromatic N) is 1. The highest BCUT2D eigenvalue weighted by Crippen LogP contribution is 2.32. The molecule has 1 heterocycles. The van der Waals surface area contributed by atoms with E-state index in [2.05, 4.69) is 19.1 Å². The van der Waals surface area contributed by atoms with Crippen molar-refractivity contribution in [2.45, 2.75) is 19.9 Å². The lowest BCUT2D eigenvalue weighted by Gasteiger charge is -2.06. The van der Waals surface area contributed by atoms with Crippen molar-refractivity contribution in [2.24, 2.45) is 0 Å². The minimum Gasteiger partial charge on any atom is -0.478 e. The molecular weight excluding hydrogens is 290 g/mol. The van der Waals surface area contributed by atoms with Crippen molar-refractivity contribution in [3.63, 3.8) is 0 Å². The van der Waals surface area contributed by atoms with E-state index in [9.17, 15) is 4.79 Å². The van der Waals surface area contributed by atoms with Gasteiger partial charge in [-0.15, -0.1) is 0 Å². The van der Waals surface area contributed by atoms with Crippen molar-refractivity contribution in [3.05, 3.63) is 40.6 Å². The quantitative estimate of drug-likeness (QED) is 0.830. The van der Waals surface area contributed by atoms with E-state index in [0.29, 0.717) is 18.3 Å². The number of carboxylic acids is 1. The highest BCUT2D eigenvalue weighted by atomic mass is 35.5. The maximum atomic E-state index is 10.8. The maximum absolute atomic E-state index is 10.8. The topological polar surface area (TPSA) is 51.5 Å². The fraction of sp³-hybridized carbons (Fsp3) is 0.312. The molecule has 0 radical (unpaired) electrons. The van der Waals surface area contributed by atoms with Crippen LogP contribution in [-0.2, 0) is 22.5 Å². The van der Waals surface area contributed by atoms with Crippen molar-refractivity contribution >= 4 is 34.5 Å². The molecule has 4 nitrogen and oxygen atoms in total. The predicted octanol–water partition coefficient (Wildman–Crippen LogP) is 3.60. The van der Waals surface area contributed by atoms with Crippen LogP contribution in [0.5, 0.6) is 0 Å². The Morgan fingerprint density at radius 1 is 1.48 bits per heavy atom. The molecule has 0 unspecified atom stereocenters. The summed E-state index contributed by atoms with van der Waals surface area (Å²) in [5.74, 6) is -0.990. The van der Waals surface area contributed by atoms with Gasteiger partial charge in [-0.3, -0.25) is 0 Å². The second-order valence-electron chi connectivity index (χ2n) is 4.73. The van der Waals surface area contributed by atoms with Crippen molar-refractivity contribution in [1.29, 1.82) is 0 Å². The Kier molecular flexibility index (Phi) is 5.04. The lowest BCUT2D eigenvalue weighted by molar-refractivity contribution is -0.131. The first kappa shape index (κ1) is 15.6. The second-order valence-corrected chi connectivity index (χ2v) is 5.08. The zero-order valence-electron chi connectivity index (χ0n) is 12.1. The number of rotatable bonds is 6. The number of aryl methyl sites for hydroxylation is 1. The van der Waals surface area contributed by atoms with Gasteiger partial charge in [0.1, 0.15) is 5.15 Å². The summed E-state index contributed by atoms with van der Waals surface area (Å²) in [7, 11) is 1.64. The second kappa shape index (κ2) is 6.78. The summed E-state index contributed by atoms with van der Waals surface area (Å²) in [4.78, 5) is 10.8. The molecule has 0 bridgehead atoms. The molecule has 1 aromatic carbocycles. The van der Waals surface area contributed by atoms with Crippen LogP contribution in [0.25, 0.3) is 17.0 Å². The Balaban J connectivity index is 2.63. The minimum absolute atomic E-state index is 0.535. The van der Waals surface area contributed by atoms with Gasteiger partial charge in [0, 0.05) is 36.2 Å². The molecule has 0 saturated carbocycles. The van der Waals surface area contributed by atoms with Crippen molar-refractivity contribution < 1.29 is 14.6 Å². The Hall–Kier alpha value is -1.78. The number of halogens is 1. The third kappa shape index (κ3) is 3.28. The van der Waals surface area contributed by atoms with Gasteiger partial charge in [-0.05, 0) is 30.2 Å². The molecule has 2 rings (SSSR count). The first-order valence-corrected chi connectivity index (χ1v) is 7.16. The summed E-state index contributed by atoms with van der Waals surface area (Å²) < 4.78 is 7.06. The van der Waals surface area contributed by atoms with Gasteiger partial charge in [0.15, 0.2) is 0 Å². The lowest BCUT2D eigenvalue weighted by atomic mass is 10.1. The number of benzene rings is 1. The van der Waals surface area contributed by atoms with E-state index in [4.69, 9.17) is 21.4 Å². The van der Waals surface area contributed by atoms with Gasteiger partial charge >= 0.3 is 5.97 Å². The number of ether oxygens (including phenoxy) is 1. The van der Waals surface area contributed by atoms with Gasteiger partial charge in [-0.25, -0.2) is 4.79 Å². The number of hydrogen-bond donors (Lipinski definition) is 1. The molecule has 0 amide bonds. The maximum Gasteiger partial charge on any atom is 0.328 e. The molecule has 0 aliphatic rings. The number of hydrogen-bond acceptors (Lipinski definition) is 2. The first-order chi connectivity index (χ1) is 10.1. The predicted molar refractivity (Wildman–Crippen MR) is 84.9 cm³/mol. The van der Waals surface area contributed by atoms with Gasteiger partial charge in [0.2, 0.25) is 0 Å². The van der Waals surface area contributed by atoms with Gasteiger partial charge in [0.25, 0.3) is 0 Å². The van der Waals surface area contributed by atoms with E-state index in [1.807, 2.05) is 10.6 Å². The molecule has 2 aromatic rings. The van der Waals surface area contributed by atoms with Crippen molar-refractivity contribution in [3.8, 4) is 0 Å². The van der Waals surface area contributed by atoms with Gasteiger partial charge in [-0.2, -0.15) is 0 Å². The Labute approximate surface area is 128 Å². The third-order valence-electron chi connectivity index (χ3n) is 3.42. The number of aromatic nitrogens is 1. The van der Waals surface area contributed by atoms with Gasteiger partial charge in [-0.1, -0.05) is 24.6 Å². The third-order valence-corrected chi connectivity index (χ3v) is 3.83. The van der Waals surface area contributed by atoms with E-state index in [0.717, 1.165) is 29.0 Å². The van der Waals surface area contributed by atoms with Crippen LogP contribution < -0.4 is 0 Å². The van der Waals surface area contributed by atoms with Crippen LogP contribution in [0.2, 0.25) is 5.15 Å². The van der Waals surface area contributed by atoms with Crippen LogP contribution in [-0.4, -0.2) is 29.4 Å². The molecule has 0 saturated heterocycles. The summed E-state index contributed by atoms with van der Waals surface area (Å²) in [5, 5.41) is 10.3. The molecule has 1 N–H and O–H groups in total. The molecule has 21 heavy (non-hydrogen) atoms. The average Bonchev–Trinajstić information content (AvgIpc) is 2.73. The van der Waals surface area contributed by atoms with E-state index in [1.54, 1.807) is 13.2 Å². The van der Waals surface area contributed by atoms with Crippen molar-refractivity contribution in [1.82, 2.24) is 4.57 Å². The van der Waals surface area contributed by atoms with Crippen LogP contribution >= 0.6 is 11.6 Å². The van der Waals surface area contributed by atoms with E-state index in [-0.39, 0.29) is 0 Å². The number of carbonyl (C=O) groups is 1. The summed E-state index contributed by atoms with van der Waals surface area (Å²) in [6, 6.07) is 6.15. The Bertz CT molecular complexity index is 688. The highest BCUT2D eigenvalue weighted by Gasteiger charge is 2.14. The standard InChI is InChI=1S/C16H18ClNO3/c1-3-11-4-6-14-13(10-11)12(5-7-15(19)20)16(17)18(14)8-9-21-2/h4-7,10H,3,8-9H2,1-2H3,(H,19,20)/b7-5+. The Morgan fingerprint density at radius 2 is 2.24 bits per heavy atom. The summed E-state index contributed by atoms with van der Waals surface area (Å²) >= 11 is 6.43. The fourth-order valence-electron chi connectivity index (χ4n) is 2.33. The molecule has 0 atom stereocenters. The Morgan fingerprint density at radius 3 is 2.86 bits per heavy atom. The molecule has 112 valence electrons. The van der Waals surface area contributed by atoms with Crippen LogP contribution in [0, 0.1) is 0 Å². The average molecular weight is 308 g/mol. The highest BCUT2D eigenvalue weighted by molar-refractivity contribution is 6.33. The molecule has 0 aliphatic carbocycles. The molecule has 0 spiro atoms. The number of fused-ring (bicyclic) bond motifs is 1. The number of methoxy groups -OCH3 is 1. The molecule has 1 aromatic heterocycles. The van der Waals surface area contributed by atoms with E-state index < -0.39 is 5.97 Å². The first-order valence-electron chi connectivity index (χ1n) is 6.79. The fourth-order valence-corrected chi connectivity index (χ4v) is 2.67. The normalized spacial score (nSPS) is 11.6. The summed E-state index contributed by atoms with van der Waals surface area (Å²) in [5.41, 5.74) is 2.91. The van der Waals surface area contributed by atoms with Gasteiger partial charge in [0.05, 0.1) is 6.61 Å².